The predicted octanol–water partition coefficient (Wildman–Crippen LogP) is 3.08. The van der Waals surface area contributed by atoms with E-state index in [4.69, 9.17) is 9.47 Å². The molecule has 1 saturated heterocycles. The summed E-state index contributed by atoms with van der Waals surface area (Å²) in [7, 11) is 0. The molecule has 1 heterocycles. The number of amides is 2. The number of hydrogen-bond acceptors (Lipinski definition) is 3. The average molecular weight is 292 g/mol. The summed E-state index contributed by atoms with van der Waals surface area (Å²) < 4.78 is 11.0. The van der Waals surface area contributed by atoms with Gasteiger partial charge in [0.1, 0.15) is 5.75 Å². The van der Waals surface area contributed by atoms with Gasteiger partial charge in [-0.25, -0.2) is 4.79 Å². The zero-order valence-electron chi connectivity index (χ0n) is 13.2. The fourth-order valence-corrected chi connectivity index (χ4v) is 2.32. The van der Waals surface area contributed by atoms with Crippen molar-refractivity contribution in [2.24, 2.45) is 0 Å². The van der Waals surface area contributed by atoms with Gasteiger partial charge in [-0.05, 0) is 57.9 Å². The van der Waals surface area contributed by atoms with Crippen molar-refractivity contribution in [3.8, 4) is 5.75 Å². The quantitative estimate of drug-likeness (QED) is 0.896. The minimum atomic E-state index is -0.279. The van der Waals surface area contributed by atoms with Crippen LogP contribution in [0.5, 0.6) is 5.75 Å². The molecule has 0 bridgehead atoms. The zero-order chi connectivity index (χ0) is 15.5. The van der Waals surface area contributed by atoms with Gasteiger partial charge in [-0.15, -0.1) is 0 Å². The molecular formula is C16H24N2O3. The van der Waals surface area contributed by atoms with Crippen molar-refractivity contribution in [2.75, 3.05) is 18.5 Å². The molecule has 1 unspecified atom stereocenters. The topological polar surface area (TPSA) is 59.6 Å². The first-order chi connectivity index (χ1) is 9.88. The van der Waals surface area contributed by atoms with Crippen LogP contribution < -0.4 is 15.4 Å². The van der Waals surface area contributed by atoms with Crippen LogP contribution in [-0.2, 0) is 4.74 Å². The number of nitrogens with one attached hydrogen (secondary N) is 2. The standard InChI is InChI=1S/C16H24N2O3/c1-11(2)21-13-5-6-14(12(3)9-13)17-15(19)18-16(4)7-8-20-10-16/h5-6,9,11H,7-8,10H2,1-4H3,(H2,17,18,19). The van der Waals surface area contributed by atoms with E-state index in [-0.39, 0.29) is 17.7 Å². The maximum absolute atomic E-state index is 12.1. The molecule has 5 nitrogen and oxygen atoms in total. The number of aryl methyl sites for hydroxylation is 1. The number of rotatable bonds is 4. The predicted molar refractivity (Wildman–Crippen MR) is 82.9 cm³/mol. The molecule has 0 spiro atoms. The van der Waals surface area contributed by atoms with Crippen molar-refractivity contribution in [1.29, 1.82) is 0 Å². The first-order valence-corrected chi connectivity index (χ1v) is 7.32. The van der Waals surface area contributed by atoms with Crippen LogP contribution in [0.1, 0.15) is 32.8 Å². The molecule has 1 aliphatic heterocycles. The Bertz CT molecular complexity index is 508. The zero-order valence-corrected chi connectivity index (χ0v) is 13.2. The van der Waals surface area contributed by atoms with Crippen LogP contribution in [0.3, 0.4) is 0 Å². The van der Waals surface area contributed by atoms with Gasteiger partial charge in [0.05, 0.1) is 18.2 Å². The second kappa shape index (κ2) is 6.35. The van der Waals surface area contributed by atoms with Gasteiger partial charge >= 0.3 is 6.03 Å². The van der Waals surface area contributed by atoms with Gasteiger partial charge in [0, 0.05) is 12.3 Å². The summed E-state index contributed by atoms with van der Waals surface area (Å²) in [4.78, 5) is 12.1. The number of ether oxygens (including phenoxy) is 2. The van der Waals surface area contributed by atoms with Crippen molar-refractivity contribution in [1.82, 2.24) is 5.32 Å². The highest BCUT2D eigenvalue weighted by molar-refractivity contribution is 5.90. The molecule has 5 heteroatoms. The van der Waals surface area contributed by atoms with Gasteiger partial charge in [0.2, 0.25) is 0 Å². The molecule has 1 aromatic carbocycles. The maximum Gasteiger partial charge on any atom is 0.319 e. The van der Waals surface area contributed by atoms with E-state index in [1.165, 1.54) is 0 Å². The molecule has 1 aliphatic rings. The van der Waals surface area contributed by atoms with Crippen molar-refractivity contribution in [3.05, 3.63) is 23.8 Å². The second-order valence-corrected chi connectivity index (χ2v) is 6.09. The average Bonchev–Trinajstić information content (AvgIpc) is 2.78. The largest absolute Gasteiger partial charge is 0.491 e. The van der Waals surface area contributed by atoms with Crippen LogP contribution in [0.2, 0.25) is 0 Å². The Hall–Kier alpha value is -1.75. The summed E-state index contributed by atoms with van der Waals surface area (Å²) in [5, 5.41) is 5.85. The van der Waals surface area contributed by atoms with Gasteiger partial charge in [0.25, 0.3) is 0 Å². The molecule has 0 aromatic heterocycles. The van der Waals surface area contributed by atoms with Gasteiger partial charge in [-0.2, -0.15) is 0 Å². The van der Waals surface area contributed by atoms with Gasteiger partial charge in [0.15, 0.2) is 0 Å². The molecule has 0 radical (unpaired) electrons. The van der Waals surface area contributed by atoms with Gasteiger partial charge in [-0.1, -0.05) is 0 Å². The lowest BCUT2D eigenvalue weighted by molar-refractivity contribution is 0.172. The molecule has 116 valence electrons. The Morgan fingerprint density at radius 3 is 2.76 bits per heavy atom. The second-order valence-electron chi connectivity index (χ2n) is 6.09. The number of carbonyl (C=O) groups excluding carboxylic acids is 1. The molecule has 1 fully saturated rings. The molecule has 1 atom stereocenters. The minimum absolute atomic E-state index is 0.133. The van der Waals surface area contributed by atoms with E-state index >= 15 is 0 Å². The number of urea groups is 1. The molecule has 1 aromatic rings. The summed E-state index contributed by atoms with van der Waals surface area (Å²) in [6.45, 7) is 9.16. The van der Waals surface area contributed by atoms with E-state index in [0.29, 0.717) is 13.2 Å². The van der Waals surface area contributed by atoms with E-state index < -0.39 is 0 Å². The van der Waals surface area contributed by atoms with Crippen molar-refractivity contribution >= 4 is 11.7 Å². The number of hydrogen-bond donors (Lipinski definition) is 2. The summed E-state index contributed by atoms with van der Waals surface area (Å²) in [6, 6.07) is 5.45. The molecule has 2 N–H and O–H groups in total. The third kappa shape index (κ3) is 4.36. The van der Waals surface area contributed by atoms with Crippen LogP contribution in [-0.4, -0.2) is 30.9 Å². The maximum atomic E-state index is 12.1. The Morgan fingerprint density at radius 1 is 1.43 bits per heavy atom. The lowest BCUT2D eigenvalue weighted by Crippen LogP contribution is -2.48. The van der Waals surface area contributed by atoms with Crippen LogP contribution in [0.4, 0.5) is 10.5 Å². The Kier molecular flexibility index (Phi) is 4.73. The fraction of sp³-hybridized carbons (Fsp3) is 0.562. The van der Waals surface area contributed by atoms with E-state index in [0.717, 1.165) is 23.4 Å². The molecule has 21 heavy (non-hydrogen) atoms. The van der Waals surface area contributed by atoms with Crippen LogP contribution >= 0.6 is 0 Å². The summed E-state index contributed by atoms with van der Waals surface area (Å²) in [5.74, 6) is 0.810. The molecule has 0 saturated carbocycles. The summed E-state index contributed by atoms with van der Waals surface area (Å²) >= 11 is 0. The first kappa shape index (κ1) is 15.6. The third-order valence-electron chi connectivity index (χ3n) is 3.45. The lowest BCUT2D eigenvalue weighted by atomic mass is 10.0. The Labute approximate surface area is 126 Å². The van der Waals surface area contributed by atoms with Crippen molar-refractivity contribution < 1.29 is 14.3 Å². The highest BCUT2D eigenvalue weighted by Crippen LogP contribution is 2.23. The molecular weight excluding hydrogens is 268 g/mol. The summed E-state index contributed by atoms with van der Waals surface area (Å²) in [5.41, 5.74) is 1.47. The van der Waals surface area contributed by atoms with Crippen LogP contribution in [0, 0.1) is 6.92 Å². The normalized spacial score (nSPS) is 21.4. The van der Waals surface area contributed by atoms with Crippen LogP contribution in [0.25, 0.3) is 0 Å². The van der Waals surface area contributed by atoms with Crippen LogP contribution in [0.15, 0.2) is 18.2 Å². The number of anilines is 1. The number of carbonyl (C=O) groups is 1. The first-order valence-electron chi connectivity index (χ1n) is 7.32. The van der Waals surface area contributed by atoms with Crippen molar-refractivity contribution in [3.63, 3.8) is 0 Å². The molecule has 0 aliphatic carbocycles. The van der Waals surface area contributed by atoms with E-state index in [2.05, 4.69) is 10.6 Å². The monoisotopic (exact) mass is 292 g/mol. The molecule has 2 rings (SSSR count). The Morgan fingerprint density at radius 2 is 2.19 bits per heavy atom. The SMILES string of the molecule is Cc1cc(OC(C)C)ccc1NC(=O)NC1(C)CCOC1. The molecule has 2 amide bonds. The minimum Gasteiger partial charge on any atom is -0.491 e. The highest BCUT2D eigenvalue weighted by Gasteiger charge is 2.31. The highest BCUT2D eigenvalue weighted by atomic mass is 16.5. The van der Waals surface area contributed by atoms with E-state index in [1.807, 2.05) is 45.9 Å². The third-order valence-corrected chi connectivity index (χ3v) is 3.45. The lowest BCUT2D eigenvalue weighted by Gasteiger charge is -2.24. The fourth-order valence-electron chi connectivity index (χ4n) is 2.32. The summed E-state index contributed by atoms with van der Waals surface area (Å²) in [6.07, 6.45) is 0.967. The van der Waals surface area contributed by atoms with Gasteiger partial charge in [-0.3, -0.25) is 0 Å². The number of benzene rings is 1. The van der Waals surface area contributed by atoms with E-state index in [9.17, 15) is 4.79 Å². The van der Waals surface area contributed by atoms with Crippen molar-refractivity contribution in [2.45, 2.75) is 45.8 Å². The van der Waals surface area contributed by atoms with E-state index in [1.54, 1.807) is 0 Å². The Balaban J connectivity index is 1.97. The van der Waals surface area contributed by atoms with Gasteiger partial charge < -0.3 is 20.1 Å². The smallest absolute Gasteiger partial charge is 0.319 e.